The smallest absolute Gasteiger partial charge is 0.408 e. The van der Waals surface area contributed by atoms with E-state index in [0.717, 1.165) is 16.1 Å². The molecule has 0 aliphatic heterocycles. The number of carbonyl (C=O) groups excluding carboxylic acids is 1. The van der Waals surface area contributed by atoms with E-state index in [1.807, 2.05) is 26.0 Å². The first kappa shape index (κ1) is 14.5. The van der Waals surface area contributed by atoms with Gasteiger partial charge in [0.1, 0.15) is 0 Å². The summed E-state index contributed by atoms with van der Waals surface area (Å²) in [6, 6.07) is 5.41. The number of benzene rings is 1. The number of rotatable bonds is 4. The van der Waals surface area contributed by atoms with Crippen molar-refractivity contribution in [1.29, 1.82) is 0 Å². The molecule has 0 aliphatic carbocycles. The molecule has 0 atom stereocenters. The Morgan fingerprint density at radius 3 is 2.95 bits per heavy atom. The Morgan fingerprint density at radius 2 is 2.23 bits per heavy atom. The molecule has 3 rings (SSSR count). The first-order chi connectivity index (χ1) is 10.5. The van der Waals surface area contributed by atoms with Crippen molar-refractivity contribution in [1.82, 2.24) is 9.97 Å². The van der Waals surface area contributed by atoms with Crippen LogP contribution in [0.2, 0.25) is 0 Å². The lowest BCUT2D eigenvalue weighted by molar-refractivity contribution is -0.116. The van der Waals surface area contributed by atoms with Crippen LogP contribution in [-0.2, 0) is 11.2 Å². The van der Waals surface area contributed by atoms with E-state index in [-0.39, 0.29) is 5.91 Å². The summed E-state index contributed by atoms with van der Waals surface area (Å²) in [5.41, 5.74) is 3.07. The molecule has 2 heterocycles. The number of thiazole rings is 1. The van der Waals surface area contributed by atoms with E-state index >= 15 is 0 Å². The predicted molar refractivity (Wildman–Crippen MR) is 85.4 cm³/mol. The summed E-state index contributed by atoms with van der Waals surface area (Å²) in [5.74, 6) is -0.547. The van der Waals surface area contributed by atoms with Gasteiger partial charge in [0.25, 0.3) is 0 Å². The van der Waals surface area contributed by atoms with Gasteiger partial charge in [0, 0.05) is 11.3 Å². The fourth-order valence-corrected chi connectivity index (χ4v) is 2.95. The molecule has 0 saturated heterocycles. The Hall–Kier alpha value is -2.41. The van der Waals surface area contributed by atoms with Crippen molar-refractivity contribution in [2.75, 3.05) is 5.32 Å². The van der Waals surface area contributed by atoms with Gasteiger partial charge in [-0.25, -0.2) is 9.78 Å². The highest BCUT2D eigenvalue weighted by Crippen LogP contribution is 2.21. The molecule has 2 aromatic heterocycles. The minimum atomic E-state index is -0.473. The maximum Gasteiger partial charge on any atom is 0.417 e. The summed E-state index contributed by atoms with van der Waals surface area (Å²) in [4.78, 5) is 31.0. The van der Waals surface area contributed by atoms with Gasteiger partial charge < -0.3 is 9.73 Å². The highest BCUT2D eigenvalue weighted by molar-refractivity contribution is 7.15. The number of amides is 1. The first-order valence-electron chi connectivity index (χ1n) is 6.87. The summed E-state index contributed by atoms with van der Waals surface area (Å²) in [7, 11) is 0. The molecule has 22 heavy (non-hydrogen) atoms. The molecule has 3 aromatic rings. The van der Waals surface area contributed by atoms with Crippen molar-refractivity contribution >= 4 is 33.5 Å². The Balaban J connectivity index is 1.62. The third-order valence-corrected chi connectivity index (χ3v) is 4.39. The van der Waals surface area contributed by atoms with Crippen LogP contribution in [0.4, 0.5) is 5.13 Å². The van der Waals surface area contributed by atoms with Crippen LogP contribution in [0.25, 0.3) is 11.1 Å². The standard InChI is InChI=1S/C15H15N3O3S/c1-8-9(2)22-14(16-8)18-13(19)6-4-10-3-5-12-11(7-10)17-15(20)21-12/h3,5,7H,4,6H2,1-2H3,(H,17,20)(H,16,18,19). The molecule has 0 spiro atoms. The number of carbonyl (C=O) groups is 1. The average molecular weight is 317 g/mol. The van der Waals surface area contributed by atoms with Gasteiger partial charge >= 0.3 is 5.76 Å². The lowest BCUT2D eigenvalue weighted by Crippen LogP contribution is -2.12. The number of hydrogen-bond donors (Lipinski definition) is 2. The summed E-state index contributed by atoms with van der Waals surface area (Å²) < 4.78 is 4.94. The van der Waals surface area contributed by atoms with Gasteiger partial charge in [-0.2, -0.15) is 0 Å². The number of anilines is 1. The van der Waals surface area contributed by atoms with Gasteiger partial charge in [0.15, 0.2) is 10.7 Å². The molecule has 1 amide bonds. The number of aromatic amines is 1. The van der Waals surface area contributed by atoms with Gasteiger partial charge in [-0.05, 0) is 38.0 Å². The molecule has 6 nitrogen and oxygen atoms in total. The second-order valence-corrected chi connectivity index (χ2v) is 6.26. The second-order valence-electron chi connectivity index (χ2n) is 5.05. The predicted octanol–water partition coefficient (Wildman–Crippen LogP) is 2.77. The molecule has 0 aliphatic rings. The molecule has 2 N–H and O–H groups in total. The zero-order chi connectivity index (χ0) is 15.7. The minimum Gasteiger partial charge on any atom is -0.408 e. The quantitative estimate of drug-likeness (QED) is 0.774. The summed E-state index contributed by atoms with van der Waals surface area (Å²) in [5, 5.41) is 3.44. The third kappa shape index (κ3) is 3.09. The molecule has 0 radical (unpaired) electrons. The number of oxazole rings is 1. The largest absolute Gasteiger partial charge is 0.417 e. The molecule has 0 unspecified atom stereocenters. The fraction of sp³-hybridized carbons (Fsp3) is 0.267. The Labute approximate surface area is 130 Å². The van der Waals surface area contributed by atoms with Crippen LogP contribution in [0.5, 0.6) is 0 Å². The number of hydrogen-bond acceptors (Lipinski definition) is 5. The van der Waals surface area contributed by atoms with Crippen LogP contribution in [0.3, 0.4) is 0 Å². The van der Waals surface area contributed by atoms with E-state index in [4.69, 9.17) is 4.42 Å². The summed E-state index contributed by atoms with van der Waals surface area (Å²) in [6.07, 6.45) is 0.934. The Kier molecular flexibility index (Phi) is 3.81. The fourth-order valence-electron chi connectivity index (χ4n) is 2.12. The zero-order valence-corrected chi connectivity index (χ0v) is 13.0. The average Bonchev–Trinajstić information content (AvgIpc) is 2.97. The molecular formula is C15H15N3O3S. The highest BCUT2D eigenvalue weighted by Gasteiger charge is 2.09. The van der Waals surface area contributed by atoms with Crippen LogP contribution in [0, 0.1) is 13.8 Å². The van der Waals surface area contributed by atoms with Gasteiger partial charge in [-0.1, -0.05) is 6.07 Å². The van der Waals surface area contributed by atoms with E-state index in [1.165, 1.54) is 11.3 Å². The first-order valence-corrected chi connectivity index (χ1v) is 7.68. The highest BCUT2D eigenvalue weighted by atomic mass is 32.1. The van der Waals surface area contributed by atoms with Crippen LogP contribution in [0.1, 0.15) is 22.6 Å². The van der Waals surface area contributed by atoms with E-state index in [2.05, 4.69) is 15.3 Å². The van der Waals surface area contributed by atoms with Crippen LogP contribution in [-0.4, -0.2) is 15.9 Å². The van der Waals surface area contributed by atoms with Crippen molar-refractivity contribution in [3.8, 4) is 0 Å². The van der Waals surface area contributed by atoms with Crippen molar-refractivity contribution < 1.29 is 9.21 Å². The number of aryl methyl sites for hydroxylation is 3. The SMILES string of the molecule is Cc1nc(NC(=O)CCc2ccc3oc(=O)[nH]c3c2)sc1C. The molecule has 0 saturated carbocycles. The topological polar surface area (TPSA) is 88.0 Å². The van der Waals surface area contributed by atoms with Crippen molar-refractivity contribution in [2.24, 2.45) is 0 Å². The van der Waals surface area contributed by atoms with Crippen LogP contribution >= 0.6 is 11.3 Å². The number of aromatic nitrogens is 2. The molecule has 0 bridgehead atoms. The van der Waals surface area contributed by atoms with Gasteiger partial charge in [-0.15, -0.1) is 11.3 Å². The monoisotopic (exact) mass is 317 g/mol. The number of H-pyrrole nitrogens is 1. The lowest BCUT2D eigenvalue weighted by Gasteiger charge is -2.02. The van der Waals surface area contributed by atoms with Crippen molar-refractivity contribution in [3.05, 3.63) is 44.9 Å². The molecule has 114 valence electrons. The molecule has 1 aromatic carbocycles. The van der Waals surface area contributed by atoms with E-state index in [9.17, 15) is 9.59 Å². The van der Waals surface area contributed by atoms with E-state index in [1.54, 1.807) is 6.07 Å². The second kappa shape index (κ2) is 5.76. The number of nitrogens with zero attached hydrogens (tertiary/aromatic N) is 1. The van der Waals surface area contributed by atoms with Gasteiger partial charge in [-0.3, -0.25) is 9.78 Å². The molecular weight excluding hydrogens is 302 g/mol. The summed E-state index contributed by atoms with van der Waals surface area (Å²) in [6.45, 7) is 3.89. The van der Waals surface area contributed by atoms with Crippen LogP contribution < -0.4 is 11.1 Å². The third-order valence-electron chi connectivity index (χ3n) is 3.40. The normalized spacial score (nSPS) is 11.0. The van der Waals surface area contributed by atoms with E-state index < -0.39 is 5.76 Å². The maximum atomic E-state index is 12.0. The molecule has 7 heteroatoms. The van der Waals surface area contributed by atoms with Gasteiger partial charge in [0.05, 0.1) is 11.2 Å². The van der Waals surface area contributed by atoms with Crippen molar-refractivity contribution in [2.45, 2.75) is 26.7 Å². The minimum absolute atomic E-state index is 0.0745. The summed E-state index contributed by atoms with van der Waals surface area (Å²) >= 11 is 1.47. The van der Waals surface area contributed by atoms with Gasteiger partial charge in [0.2, 0.25) is 5.91 Å². The van der Waals surface area contributed by atoms with Crippen molar-refractivity contribution in [3.63, 3.8) is 0 Å². The number of nitrogens with one attached hydrogen (secondary N) is 2. The number of fused-ring (bicyclic) bond motifs is 1. The van der Waals surface area contributed by atoms with Crippen LogP contribution in [0.15, 0.2) is 27.4 Å². The molecule has 0 fully saturated rings. The van der Waals surface area contributed by atoms with E-state index in [0.29, 0.717) is 29.1 Å². The maximum absolute atomic E-state index is 12.0. The Morgan fingerprint density at radius 1 is 1.41 bits per heavy atom. The lowest BCUT2D eigenvalue weighted by atomic mass is 10.1. The Bertz CT molecular complexity index is 871. The zero-order valence-electron chi connectivity index (χ0n) is 12.2.